The molecule has 2 heterocycles. The third kappa shape index (κ3) is 5.59. The minimum Gasteiger partial charge on any atom is -0.487 e. The molecule has 1 amide bonds. The Bertz CT molecular complexity index is 1390. The monoisotopic (exact) mass is 702 g/mol. The predicted molar refractivity (Wildman–Crippen MR) is 151 cm³/mol. The molecule has 1 fully saturated rings. The molecule has 11 heteroatoms. The molecule has 35 heavy (non-hydrogen) atoms. The standard InChI is InChI=1S/C24H14BrCl2IN2O4S/c25-14-6-13(7-16(28)22(14)32-10-12-4-5-18-19(8-12)34-11-33-18)9-20-23(31)30-24(35-20)29-17-3-1-2-15(26)21(17)27/h1-9H,10-11H2,(H,29,30,31)/b20-9-. The van der Waals surface area contributed by atoms with Gasteiger partial charge in [-0.1, -0.05) is 35.3 Å². The van der Waals surface area contributed by atoms with E-state index in [-0.39, 0.29) is 12.7 Å². The van der Waals surface area contributed by atoms with Crippen LogP contribution in [-0.4, -0.2) is 17.9 Å². The van der Waals surface area contributed by atoms with E-state index in [1.165, 1.54) is 11.8 Å². The second kappa shape index (κ2) is 10.6. The topological polar surface area (TPSA) is 69.2 Å². The summed E-state index contributed by atoms with van der Waals surface area (Å²) in [5, 5.41) is 3.93. The second-order valence-corrected chi connectivity index (χ2v) is 11.2. The fourth-order valence-electron chi connectivity index (χ4n) is 3.31. The Morgan fingerprint density at radius 3 is 2.83 bits per heavy atom. The number of aliphatic imine (C=N–C) groups is 1. The number of amides is 1. The Kier molecular flexibility index (Phi) is 7.50. The van der Waals surface area contributed by atoms with Crippen molar-refractivity contribution in [1.29, 1.82) is 0 Å². The third-order valence-electron chi connectivity index (χ3n) is 4.94. The Balaban J connectivity index is 1.31. The average molecular weight is 704 g/mol. The van der Waals surface area contributed by atoms with E-state index in [0.29, 0.717) is 38.2 Å². The molecule has 3 aromatic carbocycles. The van der Waals surface area contributed by atoms with Crippen molar-refractivity contribution in [3.05, 3.63) is 82.7 Å². The zero-order valence-corrected chi connectivity index (χ0v) is 23.7. The van der Waals surface area contributed by atoms with Crippen LogP contribution in [0, 0.1) is 3.57 Å². The summed E-state index contributed by atoms with van der Waals surface area (Å²) in [6.45, 7) is 0.605. The maximum atomic E-state index is 12.5. The van der Waals surface area contributed by atoms with Gasteiger partial charge in [0, 0.05) is 0 Å². The molecule has 0 unspecified atom stereocenters. The lowest BCUT2D eigenvalue weighted by Gasteiger charge is -2.12. The maximum Gasteiger partial charge on any atom is 0.264 e. The molecule has 2 aliphatic heterocycles. The number of rotatable bonds is 5. The van der Waals surface area contributed by atoms with Gasteiger partial charge in [-0.15, -0.1) is 0 Å². The minimum atomic E-state index is -0.235. The number of nitrogens with one attached hydrogen (secondary N) is 1. The van der Waals surface area contributed by atoms with E-state index in [1.807, 2.05) is 30.3 Å². The number of ether oxygens (including phenoxy) is 3. The SMILES string of the molecule is O=C1NC(=Nc2cccc(Cl)c2Cl)S/C1=C\c1cc(Br)c(OCc2ccc3c(c2)OCO3)c(I)c1. The summed E-state index contributed by atoms with van der Waals surface area (Å²) >= 11 is 19.3. The molecule has 0 radical (unpaired) electrons. The quantitative estimate of drug-likeness (QED) is 0.220. The Labute approximate surface area is 237 Å². The smallest absolute Gasteiger partial charge is 0.264 e. The fourth-order valence-corrected chi connectivity index (χ4v) is 6.25. The molecule has 3 aromatic rings. The van der Waals surface area contributed by atoms with Gasteiger partial charge in [-0.25, -0.2) is 4.99 Å². The first-order valence-corrected chi connectivity index (χ1v) is 13.6. The van der Waals surface area contributed by atoms with Crippen LogP contribution in [0.4, 0.5) is 5.69 Å². The van der Waals surface area contributed by atoms with Crippen LogP contribution in [0.5, 0.6) is 17.2 Å². The van der Waals surface area contributed by atoms with Gasteiger partial charge in [0.05, 0.1) is 28.7 Å². The molecular weight excluding hydrogens is 690 g/mol. The Hall–Kier alpha value is -1.92. The van der Waals surface area contributed by atoms with Crippen LogP contribution in [0.25, 0.3) is 6.08 Å². The zero-order chi connectivity index (χ0) is 24.5. The van der Waals surface area contributed by atoms with E-state index in [4.69, 9.17) is 37.4 Å². The van der Waals surface area contributed by atoms with E-state index >= 15 is 0 Å². The van der Waals surface area contributed by atoms with Gasteiger partial charge in [0.2, 0.25) is 6.79 Å². The van der Waals surface area contributed by atoms with Crippen molar-refractivity contribution >= 4 is 96.3 Å². The highest BCUT2D eigenvalue weighted by molar-refractivity contribution is 14.1. The van der Waals surface area contributed by atoms with Crippen LogP contribution in [0.3, 0.4) is 0 Å². The highest BCUT2D eigenvalue weighted by Crippen LogP contribution is 2.37. The molecule has 0 bridgehead atoms. The first-order chi connectivity index (χ1) is 16.9. The number of carbonyl (C=O) groups is 1. The zero-order valence-electron chi connectivity index (χ0n) is 17.6. The van der Waals surface area contributed by atoms with Crippen molar-refractivity contribution in [2.24, 2.45) is 4.99 Å². The van der Waals surface area contributed by atoms with Crippen LogP contribution >= 0.6 is 73.5 Å². The Morgan fingerprint density at radius 1 is 1.17 bits per heavy atom. The van der Waals surface area contributed by atoms with Crippen molar-refractivity contribution in [2.45, 2.75) is 6.61 Å². The Morgan fingerprint density at radius 2 is 2.00 bits per heavy atom. The first kappa shape index (κ1) is 24.8. The number of benzene rings is 3. The lowest BCUT2D eigenvalue weighted by atomic mass is 10.2. The van der Waals surface area contributed by atoms with Gasteiger partial charge >= 0.3 is 0 Å². The number of hydrogen-bond donors (Lipinski definition) is 1. The van der Waals surface area contributed by atoms with E-state index in [1.54, 1.807) is 24.3 Å². The van der Waals surface area contributed by atoms with E-state index in [9.17, 15) is 4.79 Å². The first-order valence-electron chi connectivity index (χ1n) is 10.1. The van der Waals surface area contributed by atoms with Gasteiger partial charge in [-0.2, -0.15) is 0 Å². The molecule has 0 atom stereocenters. The third-order valence-corrected chi connectivity index (χ3v) is 8.05. The maximum absolute atomic E-state index is 12.5. The van der Waals surface area contributed by atoms with Gasteiger partial charge in [0.25, 0.3) is 5.91 Å². The van der Waals surface area contributed by atoms with Crippen molar-refractivity contribution in [2.75, 3.05) is 6.79 Å². The number of carbonyl (C=O) groups excluding carboxylic acids is 1. The van der Waals surface area contributed by atoms with Crippen LogP contribution in [0.15, 0.2) is 62.9 Å². The molecule has 0 spiro atoms. The summed E-state index contributed by atoms with van der Waals surface area (Å²) in [6, 6.07) is 14.7. The van der Waals surface area contributed by atoms with Crippen LogP contribution in [0.1, 0.15) is 11.1 Å². The second-order valence-electron chi connectivity index (χ2n) is 7.34. The molecule has 0 saturated carbocycles. The molecular formula is C24H14BrCl2IN2O4S. The lowest BCUT2D eigenvalue weighted by Crippen LogP contribution is -2.19. The highest BCUT2D eigenvalue weighted by atomic mass is 127. The average Bonchev–Trinajstić information content (AvgIpc) is 3.42. The van der Waals surface area contributed by atoms with Gasteiger partial charge < -0.3 is 19.5 Å². The molecule has 2 aliphatic rings. The van der Waals surface area contributed by atoms with Gasteiger partial charge in [0.1, 0.15) is 12.4 Å². The summed E-state index contributed by atoms with van der Waals surface area (Å²) in [7, 11) is 0. The summed E-state index contributed by atoms with van der Waals surface area (Å²) in [5.41, 5.74) is 2.30. The minimum absolute atomic E-state index is 0.234. The van der Waals surface area contributed by atoms with Crippen molar-refractivity contribution in [1.82, 2.24) is 5.32 Å². The van der Waals surface area contributed by atoms with E-state index in [2.05, 4.69) is 48.8 Å². The van der Waals surface area contributed by atoms with Crippen molar-refractivity contribution in [3.63, 3.8) is 0 Å². The summed E-state index contributed by atoms with van der Waals surface area (Å²) in [6.07, 6.45) is 1.80. The normalized spacial score (nSPS) is 16.7. The van der Waals surface area contributed by atoms with Crippen LogP contribution in [0.2, 0.25) is 10.0 Å². The molecule has 6 nitrogen and oxygen atoms in total. The molecule has 0 aliphatic carbocycles. The fraction of sp³-hybridized carbons (Fsp3) is 0.0833. The molecule has 178 valence electrons. The van der Waals surface area contributed by atoms with E-state index in [0.717, 1.165) is 30.7 Å². The van der Waals surface area contributed by atoms with Crippen LogP contribution < -0.4 is 19.5 Å². The predicted octanol–water partition coefficient (Wildman–Crippen LogP) is 7.56. The summed E-state index contributed by atoms with van der Waals surface area (Å²) < 4.78 is 18.5. The highest BCUT2D eigenvalue weighted by Gasteiger charge is 2.24. The number of fused-ring (bicyclic) bond motifs is 1. The molecule has 5 rings (SSSR count). The van der Waals surface area contributed by atoms with Crippen molar-refractivity contribution in [3.8, 4) is 17.2 Å². The van der Waals surface area contributed by atoms with Gasteiger partial charge in [-0.05, 0) is 104 Å². The lowest BCUT2D eigenvalue weighted by molar-refractivity contribution is -0.115. The van der Waals surface area contributed by atoms with Gasteiger partial charge in [-0.3, -0.25) is 4.79 Å². The number of hydrogen-bond acceptors (Lipinski definition) is 6. The molecule has 0 aromatic heterocycles. The van der Waals surface area contributed by atoms with E-state index < -0.39 is 0 Å². The molecule has 1 saturated heterocycles. The number of amidine groups is 1. The largest absolute Gasteiger partial charge is 0.487 e. The van der Waals surface area contributed by atoms with Crippen LogP contribution in [-0.2, 0) is 11.4 Å². The number of halogens is 4. The van der Waals surface area contributed by atoms with Crippen molar-refractivity contribution < 1.29 is 19.0 Å². The summed E-state index contributed by atoms with van der Waals surface area (Å²) in [5.74, 6) is 1.93. The van der Waals surface area contributed by atoms with Gasteiger partial charge in [0.15, 0.2) is 16.7 Å². The number of thioether (sulfide) groups is 1. The molecule has 1 N–H and O–H groups in total. The summed E-state index contributed by atoms with van der Waals surface area (Å²) in [4.78, 5) is 17.5. The number of nitrogens with zero attached hydrogens (tertiary/aromatic N) is 1.